The summed E-state index contributed by atoms with van der Waals surface area (Å²) < 4.78 is 12.1. The minimum absolute atomic E-state index is 0.0226. The maximum atomic E-state index is 13.0. The molecule has 12 nitrogen and oxygen atoms in total. The molecule has 0 radical (unpaired) electrons. The minimum atomic E-state index is -0.410. The van der Waals surface area contributed by atoms with Crippen LogP contribution >= 0.6 is 0 Å². The highest BCUT2D eigenvalue weighted by Crippen LogP contribution is 2.29. The number of amides is 1. The van der Waals surface area contributed by atoms with Gasteiger partial charge in [-0.3, -0.25) is 14.2 Å². The number of pyridine rings is 2. The largest absolute Gasteiger partial charge is 0.385 e. The molecule has 0 unspecified atom stereocenters. The van der Waals surface area contributed by atoms with E-state index in [1.54, 1.807) is 44.6 Å². The second-order valence-electron chi connectivity index (χ2n) is 7.71. The van der Waals surface area contributed by atoms with E-state index < -0.39 is 11.5 Å². The second kappa shape index (κ2) is 8.90. The second-order valence-corrected chi connectivity index (χ2v) is 7.71. The number of carbonyl (C=O) groups is 1. The molecule has 4 aromatic heterocycles. The number of nitrogens with zero attached hydrogens (tertiary/aromatic N) is 5. The van der Waals surface area contributed by atoms with Gasteiger partial charge in [-0.05, 0) is 25.0 Å². The summed E-state index contributed by atoms with van der Waals surface area (Å²) in [6.07, 6.45) is 6.30. The quantitative estimate of drug-likeness (QED) is 0.371. The van der Waals surface area contributed by atoms with E-state index in [-0.39, 0.29) is 35.0 Å². The third-order valence-corrected chi connectivity index (χ3v) is 5.72. The minimum Gasteiger partial charge on any atom is -0.385 e. The average molecular weight is 462 g/mol. The monoisotopic (exact) mass is 462 g/mol. The van der Waals surface area contributed by atoms with Crippen LogP contribution in [0.25, 0.3) is 16.9 Å². The van der Waals surface area contributed by atoms with Crippen molar-refractivity contribution in [3.8, 4) is 5.82 Å². The zero-order chi connectivity index (χ0) is 23.7. The Morgan fingerprint density at radius 2 is 2.12 bits per heavy atom. The van der Waals surface area contributed by atoms with Gasteiger partial charge in [-0.2, -0.15) is 0 Å². The first-order chi connectivity index (χ1) is 16.6. The summed E-state index contributed by atoms with van der Waals surface area (Å²) in [5, 5.41) is 12.8. The van der Waals surface area contributed by atoms with E-state index in [0.717, 1.165) is 12.8 Å². The molecule has 5 rings (SSSR count). The van der Waals surface area contributed by atoms with Gasteiger partial charge >= 0.3 is 0 Å². The number of anilines is 3. The Hall–Kier alpha value is -4.32. The molecule has 34 heavy (non-hydrogen) atoms. The number of hydrogen-bond donors (Lipinski definition) is 3. The predicted octanol–water partition coefficient (Wildman–Crippen LogP) is 1.86. The van der Waals surface area contributed by atoms with Crippen LogP contribution in [0.5, 0.6) is 0 Å². The third-order valence-electron chi connectivity index (χ3n) is 5.72. The van der Waals surface area contributed by atoms with Gasteiger partial charge in [0.2, 0.25) is 5.58 Å². The molecule has 1 aliphatic carbocycles. The molecule has 0 aliphatic heterocycles. The van der Waals surface area contributed by atoms with E-state index in [0.29, 0.717) is 17.1 Å². The number of ether oxygens (including phenoxy) is 1. The first-order valence-electron chi connectivity index (χ1n) is 10.7. The molecular formula is C22H22N8O4. The zero-order valence-corrected chi connectivity index (χ0v) is 18.5. The Morgan fingerprint density at radius 1 is 1.24 bits per heavy atom. The standard InChI is InChI=1S/C22H22N8O4/c1-23-13-11-15(28-20-22(32)30(10-9-25-20)16-5-3-4-8-24-16)27-17-18(29-34-19(13)17)21(31)26-12-6-7-14(12)33-2/h3-5,8-12,14H,6-7H2,1-2H3,(H,26,31)(H2,23,25,27,28)/t12-,14-/m1/s1. The van der Waals surface area contributed by atoms with Crippen LogP contribution in [0.4, 0.5) is 17.3 Å². The summed E-state index contributed by atoms with van der Waals surface area (Å²) >= 11 is 0. The number of rotatable bonds is 7. The highest BCUT2D eigenvalue weighted by atomic mass is 16.5. The molecule has 3 N–H and O–H groups in total. The molecule has 1 fully saturated rings. The topological polar surface area (TPSA) is 149 Å². The predicted molar refractivity (Wildman–Crippen MR) is 124 cm³/mol. The van der Waals surface area contributed by atoms with Crippen molar-refractivity contribution in [1.82, 2.24) is 30.0 Å². The molecular weight excluding hydrogens is 440 g/mol. The number of nitrogens with one attached hydrogen (secondary N) is 3. The molecule has 174 valence electrons. The molecule has 1 amide bonds. The van der Waals surface area contributed by atoms with E-state index in [4.69, 9.17) is 9.26 Å². The van der Waals surface area contributed by atoms with Gasteiger partial charge < -0.3 is 25.2 Å². The Bertz CT molecular complexity index is 1400. The van der Waals surface area contributed by atoms with Crippen LogP contribution in [0.2, 0.25) is 0 Å². The van der Waals surface area contributed by atoms with Crippen molar-refractivity contribution in [2.24, 2.45) is 0 Å². The van der Waals surface area contributed by atoms with Crippen LogP contribution in [-0.2, 0) is 4.74 Å². The number of fused-ring (bicyclic) bond motifs is 1. The van der Waals surface area contributed by atoms with Crippen molar-refractivity contribution >= 4 is 34.3 Å². The SMILES string of the molecule is CNc1cc(Nc2nccn(-c3ccccn3)c2=O)nc2c(C(=O)N[C@@H]3CC[C@H]3OC)noc12. The molecule has 1 saturated carbocycles. The third kappa shape index (κ3) is 3.83. The summed E-state index contributed by atoms with van der Waals surface area (Å²) in [5.41, 5.74) is 0.749. The van der Waals surface area contributed by atoms with Crippen molar-refractivity contribution in [2.45, 2.75) is 25.0 Å². The van der Waals surface area contributed by atoms with Crippen molar-refractivity contribution in [1.29, 1.82) is 0 Å². The number of carbonyl (C=O) groups excluding carboxylic acids is 1. The fourth-order valence-corrected chi connectivity index (χ4v) is 3.77. The Labute approximate surface area is 193 Å². The van der Waals surface area contributed by atoms with Gasteiger partial charge in [-0.1, -0.05) is 11.2 Å². The number of aromatic nitrogens is 5. The first kappa shape index (κ1) is 21.5. The van der Waals surface area contributed by atoms with Crippen LogP contribution in [0.15, 0.2) is 52.2 Å². The van der Waals surface area contributed by atoms with Crippen molar-refractivity contribution < 1.29 is 14.1 Å². The van der Waals surface area contributed by atoms with Crippen LogP contribution in [0.3, 0.4) is 0 Å². The number of methoxy groups -OCH3 is 1. The van der Waals surface area contributed by atoms with E-state index in [9.17, 15) is 9.59 Å². The lowest BCUT2D eigenvalue weighted by molar-refractivity contribution is 0.00718. The number of hydrogen-bond acceptors (Lipinski definition) is 10. The van der Waals surface area contributed by atoms with Crippen molar-refractivity contribution in [2.75, 3.05) is 24.8 Å². The molecule has 4 aromatic rings. The Balaban J connectivity index is 1.48. The average Bonchev–Trinajstić information content (AvgIpc) is 3.27. The first-order valence-corrected chi connectivity index (χ1v) is 10.7. The Morgan fingerprint density at radius 3 is 2.82 bits per heavy atom. The molecule has 0 aromatic carbocycles. The van der Waals surface area contributed by atoms with Gasteiger partial charge in [0, 0.05) is 38.8 Å². The summed E-state index contributed by atoms with van der Waals surface area (Å²) in [4.78, 5) is 38.7. The van der Waals surface area contributed by atoms with E-state index in [1.165, 1.54) is 17.0 Å². The van der Waals surface area contributed by atoms with Gasteiger partial charge in [-0.25, -0.2) is 15.0 Å². The zero-order valence-electron chi connectivity index (χ0n) is 18.5. The normalized spacial score (nSPS) is 17.2. The highest BCUT2D eigenvalue weighted by molar-refractivity contribution is 6.05. The van der Waals surface area contributed by atoms with Crippen molar-refractivity contribution in [3.63, 3.8) is 0 Å². The van der Waals surface area contributed by atoms with E-state index >= 15 is 0 Å². The van der Waals surface area contributed by atoms with E-state index in [2.05, 4.69) is 36.1 Å². The van der Waals surface area contributed by atoms with Gasteiger partial charge in [-0.15, -0.1) is 0 Å². The van der Waals surface area contributed by atoms with Gasteiger partial charge in [0.1, 0.15) is 17.2 Å². The molecule has 1 aliphatic rings. The summed E-state index contributed by atoms with van der Waals surface area (Å²) in [6.45, 7) is 0. The van der Waals surface area contributed by atoms with Gasteiger partial charge in [0.05, 0.1) is 17.8 Å². The maximum absolute atomic E-state index is 13.0. The lowest BCUT2D eigenvalue weighted by Gasteiger charge is -2.35. The summed E-state index contributed by atoms with van der Waals surface area (Å²) in [6, 6.07) is 6.82. The fraction of sp³-hybridized carbons (Fsp3) is 0.273. The fourth-order valence-electron chi connectivity index (χ4n) is 3.77. The van der Waals surface area contributed by atoms with Crippen LogP contribution in [-0.4, -0.2) is 56.9 Å². The molecule has 0 spiro atoms. The summed E-state index contributed by atoms with van der Waals surface area (Å²) in [5.74, 6) is 0.381. The van der Waals surface area contributed by atoms with Gasteiger partial charge in [0.15, 0.2) is 11.5 Å². The van der Waals surface area contributed by atoms with Gasteiger partial charge in [0.25, 0.3) is 11.5 Å². The van der Waals surface area contributed by atoms with Crippen LogP contribution in [0.1, 0.15) is 23.3 Å². The molecule has 12 heteroatoms. The summed E-state index contributed by atoms with van der Waals surface area (Å²) in [7, 11) is 3.32. The lowest BCUT2D eigenvalue weighted by atomic mass is 9.89. The molecule has 4 heterocycles. The van der Waals surface area contributed by atoms with Crippen LogP contribution in [0, 0.1) is 0 Å². The smallest absolute Gasteiger partial charge is 0.299 e. The lowest BCUT2D eigenvalue weighted by Crippen LogP contribution is -2.51. The maximum Gasteiger partial charge on any atom is 0.299 e. The highest BCUT2D eigenvalue weighted by Gasteiger charge is 2.33. The molecule has 2 atom stereocenters. The Kier molecular flexibility index (Phi) is 5.64. The van der Waals surface area contributed by atoms with Crippen LogP contribution < -0.4 is 21.5 Å². The van der Waals surface area contributed by atoms with E-state index in [1.807, 2.05) is 0 Å². The van der Waals surface area contributed by atoms with Crippen molar-refractivity contribution in [3.05, 3.63) is 58.9 Å². The molecule has 0 bridgehead atoms. The molecule has 0 saturated heterocycles.